The summed E-state index contributed by atoms with van der Waals surface area (Å²) in [6.07, 6.45) is 0.750. The zero-order valence-corrected chi connectivity index (χ0v) is 7.58. The van der Waals surface area contributed by atoms with Crippen LogP contribution in [0.15, 0.2) is 0 Å². The maximum absolute atomic E-state index is 8.91. The first-order valence-electron chi connectivity index (χ1n) is 2.51. The van der Waals surface area contributed by atoms with Gasteiger partial charge in [-0.15, -0.1) is 0 Å². The van der Waals surface area contributed by atoms with Crippen LogP contribution >= 0.6 is 0 Å². The Bertz CT molecular complexity index is 111. The molecule has 0 spiro atoms. The highest BCUT2D eigenvalue weighted by Gasteiger charge is 2.36. The average molecular weight is 181 g/mol. The Morgan fingerprint density at radius 3 is 1.45 bits per heavy atom. The lowest BCUT2D eigenvalue weighted by Crippen LogP contribution is -2.42. The molecule has 2 N–H and O–H groups in total. The first kappa shape index (κ1) is 13.1. The highest BCUT2D eigenvalue weighted by Crippen LogP contribution is 1.97. The summed E-state index contributed by atoms with van der Waals surface area (Å²) in [6, 6.07) is 0. The fraction of sp³-hybridized carbons (Fsp3) is 0.750. The second-order valence-corrected chi connectivity index (χ2v) is 3.51. The Hall–Kier alpha value is -0.563. The topological polar surface area (TPSA) is 88.8 Å². The Morgan fingerprint density at radius 2 is 1.45 bits per heavy atom. The number of hydrogen-bond donors (Lipinski definition) is 2. The van der Waals surface area contributed by atoms with E-state index < -0.39 is 9.05 Å². The molecule has 0 aromatic rings. The van der Waals surface area contributed by atoms with E-state index in [1.54, 1.807) is 0 Å². The summed E-state index contributed by atoms with van der Waals surface area (Å²) in [5.74, 6) is 0. The maximum Gasteiger partial charge on any atom is 0.676 e. The van der Waals surface area contributed by atoms with Crippen molar-refractivity contribution in [3.05, 3.63) is 0 Å². The predicted molar refractivity (Wildman–Crippen MR) is 37.4 cm³/mol. The molecule has 0 amide bonds. The maximum atomic E-state index is 8.91. The molecule has 11 heavy (non-hydrogen) atoms. The van der Waals surface area contributed by atoms with Gasteiger partial charge < -0.3 is 18.1 Å². The van der Waals surface area contributed by atoms with E-state index in [0.717, 1.165) is 6.08 Å². The highest BCUT2D eigenvalue weighted by atomic mass is 28.4. The van der Waals surface area contributed by atoms with Crippen molar-refractivity contribution < 1.29 is 22.9 Å². The van der Waals surface area contributed by atoms with Gasteiger partial charge in [0.05, 0.1) is 0 Å². The summed E-state index contributed by atoms with van der Waals surface area (Å²) in [6.45, 7) is 0. The monoisotopic (exact) mass is 181 g/mol. The van der Waals surface area contributed by atoms with E-state index in [4.69, 9.17) is 15.0 Å². The molecule has 7 heteroatoms. The van der Waals surface area contributed by atoms with E-state index in [1.807, 2.05) is 0 Å². The molecular weight excluding hydrogens is 170 g/mol. The minimum Gasteiger partial charge on any atom is -0.367 e. The molecule has 0 fully saturated rings. The first-order valence-corrected chi connectivity index (χ1v) is 4.19. The minimum absolute atomic E-state index is 0.750. The van der Waals surface area contributed by atoms with Crippen LogP contribution in [0.5, 0.6) is 0 Å². The van der Waals surface area contributed by atoms with Crippen molar-refractivity contribution in [1.82, 2.24) is 0 Å². The number of rotatable bonds is 3. The fourth-order valence-corrected chi connectivity index (χ4v) is 0.750. The minimum atomic E-state index is -3.17. The van der Waals surface area contributed by atoms with Crippen molar-refractivity contribution in [2.24, 2.45) is 0 Å². The van der Waals surface area contributed by atoms with Gasteiger partial charge in [-0.25, -0.2) is 10.2 Å². The van der Waals surface area contributed by atoms with Crippen LogP contribution in [0, 0.1) is 5.41 Å². The molecule has 0 unspecified atom stereocenters. The van der Waals surface area contributed by atoms with Crippen molar-refractivity contribution in [1.29, 1.82) is 5.41 Å². The molecule has 0 bridgehead atoms. The van der Waals surface area contributed by atoms with Gasteiger partial charge in [0.1, 0.15) is 0 Å². The number of carbonyl (C=O) groups excluding carboxylic acids is 1. The van der Waals surface area contributed by atoms with E-state index in [0.29, 0.717) is 0 Å². The summed E-state index contributed by atoms with van der Waals surface area (Å²) in [7, 11) is 0.826. The third-order valence-corrected chi connectivity index (χ3v) is 2.32. The molecule has 0 aromatic heterocycles. The molecule has 0 aliphatic rings. The van der Waals surface area contributed by atoms with Crippen LogP contribution in [0.2, 0.25) is 0 Å². The van der Waals surface area contributed by atoms with Crippen molar-refractivity contribution in [3.8, 4) is 0 Å². The molecule has 0 rings (SSSR count). The van der Waals surface area contributed by atoms with Crippen LogP contribution in [0.1, 0.15) is 0 Å². The lowest BCUT2D eigenvalue weighted by atomic mass is 11.7. The van der Waals surface area contributed by atoms with E-state index in [9.17, 15) is 0 Å². The zero-order chi connectivity index (χ0) is 9.33. The van der Waals surface area contributed by atoms with Crippen LogP contribution < -0.4 is 0 Å². The van der Waals surface area contributed by atoms with Crippen LogP contribution in [-0.4, -0.2) is 41.3 Å². The standard InChI is InChI=1S/C3H10O4Si.CHNO/c1-5-8(4,6-2)7-3;2-1-3/h4H,1-3H3;2H. The van der Waals surface area contributed by atoms with Gasteiger partial charge in [0.25, 0.3) is 0 Å². The first-order chi connectivity index (χ1) is 5.10. The molecule has 0 atom stereocenters. The Morgan fingerprint density at radius 1 is 1.27 bits per heavy atom. The average Bonchev–Trinajstić information content (AvgIpc) is 2.05. The van der Waals surface area contributed by atoms with Gasteiger partial charge in [-0.2, -0.15) is 0 Å². The quantitative estimate of drug-likeness (QED) is 0.340. The lowest BCUT2D eigenvalue weighted by Gasteiger charge is -2.14. The summed E-state index contributed by atoms with van der Waals surface area (Å²) in [5, 5.41) is 5.40. The molecule has 66 valence electrons. The van der Waals surface area contributed by atoms with Crippen LogP contribution in [0.4, 0.5) is 0 Å². The van der Waals surface area contributed by atoms with E-state index in [-0.39, 0.29) is 0 Å². The zero-order valence-electron chi connectivity index (χ0n) is 6.58. The second-order valence-electron chi connectivity index (χ2n) is 1.24. The van der Waals surface area contributed by atoms with E-state index in [1.165, 1.54) is 21.3 Å². The largest absolute Gasteiger partial charge is 0.676 e. The van der Waals surface area contributed by atoms with Gasteiger partial charge in [0, 0.05) is 21.3 Å². The fourth-order valence-electron chi connectivity index (χ4n) is 0.250. The van der Waals surface area contributed by atoms with Gasteiger partial charge in [-0.05, 0) is 0 Å². The molecule has 0 saturated carbocycles. The Balaban J connectivity index is 0. The molecule has 0 aliphatic heterocycles. The van der Waals surface area contributed by atoms with Crippen LogP contribution in [0.3, 0.4) is 0 Å². The van der Waals surface area contributed by atoms with Gasteiger partial charge in [0.15, 0.2) is 0 Å². The second kappa shape index (κ2) is 7.54. The Labute approximate surface area is 65.7 Å². The van der Waals surface area contributed by atoms with Gasteiger partial charge in [0.2, 0.25) is 6.08 Å². The van der Waals surface area contributed by atoms with Crippen LogP contribution in [-0.2, 0) is 18.1 Å². The molecule has 0 heterocycles. The van der Waals surface area contributed by atoms with Crippen molar-refractivity contribution >= 4 is 15.1 Å². The normalized spacial score (nSPS) is 9.45. The molecule has 0 aromatic carbocycles. The molecule has 6 nitrogen and oxygen atoms in total. The SMILES string of the molecule is CO[Si](O)(OC)OC.N=C=O. The van der Waals surface area contributed by atoms with Crippen molar-refractivity contribution in [2.75, 3.05) is 21.3 Å². The number of isocyanates is 1. The predicted octanol–water partition coefficient (Wildman–Crippen LogP) is -0.746. The third kappa shape index (κ3) is 7.33. The number of hydrogen-bond acceptors (Lipinski definition) is 6. The van der Waals surface area contributed by atoms with E-state index >= 15 is 0 Å². The number of nitrogens with one attached hydrogen (secondary N) is 1. The summed E-state index contributed by atoms with van der Waals surface area (Å²) < 4.78 is 13.5. The molecular formula is C4H11NO5Si. The van der Waals surface area contributed by atoms with Gasteiger partial charge in [-0.3, -0.25) is 0 Å². The van der Waals surface area contributed by atoms with Gasteiger partial charge >= 0.3 is 9.05 Å². The molecule has 0 radical (unpaired) electrons. The third-order valence-electron chi connectivity index (χ3n) is 0.774. The van der Waals surface area contributed by atoms with Crippen LogP contribution in [0.25, 0.3) is 0 Å². The molecule has 0 aliphatic carbocycles. The summed E-state index contributed by atoms with van der Waals surface area (Å²) in [4.78, 5) is 17.3. The van der Waals surface area contributed by atoms with Crippen molar-refractivity contribution in [3.63, 3.8) is 0 Å². The smallest absolute Gasteiger partial charge is 0.367 e. The molecule has 0 saturated heterocycles. The van der Waals surface area contributed by atoms with Crippen molar-refractivity contribution in [2.45, 2.75) is 0 Å². The highest BCUT2D eigenvalue weighted by molar-refractivity contribution is 6.51. The Kier molecular flexibility index (Phi) is 8.95. The van der Waals surface area contributed by atoms with Gasteiger partial charge in [-0.1, -0.05) is 0 Å². The lowest BCUT2D eigenvalue weighted by molar-refractivity contribution is 0.0418. The summed E-state index contributed by atoms with van der Waals surface area (Å²) >= 11 is 0. The summed E-state index contributed by atoms with van der Waals surface area (Å²) in [5.41, 5.74) is 0. The van der Waals surface area contributed by atoms with E-state index in [2.05, 4.69) is 13.3 Å².